The van der Waals surface area contributed by atoms with E-state index in [1.54, 1.807) is 6.07 Å². The number of hydrogen-bond donors (Lipinski definition) is 1. The molecule has 1 rings (SSSR count). The fraction of sp³-hybridized carbons (Fsp3) is 0.600. The van der Waals surface area contributed by atoms with Crippen LogP contribution in [0.1, 0.15) is 52.4 Å². The van der Waals surface area contributed by atoms with Gasteiger partial charge in [-0.2, -0.15) is 0 Å². The van der Waals surface area contributed by atoms with Gasteiger partial charge in [-0.1, -0.05) is 50.6 Å². The van der Waals surface area contributed by atoms with Crippen LogP contribution in [0.5, 0.6) is 0 Å². The van der Waals surface area contributed by atoms with E-state index in [1.165, 1.54) is 38.2 Å². The molecule has 102 valence electrons. The molecule has 0 aliphatic rings. The maximum atomic E-state index is 13.2. The first-order chi connectivity index (χ1) is 8.63. The van der Waals surface area contributed by atoms with E-state index in [4.69, 9.17) is 11.6 Å². The lowest BCUT2D eigenvalue weighted by atomic mass is 10.1. The molecule has 1 unspecified atom stereocenters. The molecule has 0 heterocycles. The molecule has 1 aromatic rings. The first-order valence-corrected chi connectivity index (χ1v) is 7.23. The third-order valence-corrected chi connectivity index (χ3v) is 3.38. The van der Waals surface area contributed by atoms with Crippen LogP contribution in [0.3, 0.4) is 0 Å². The van der Waals surface area contributed by atoms with E-state index in [0.717, 1.165) is 12.1 Å². The number of halogens is 2. The average molecular weight is 272 g/mol. The second kappa shape index (κ2) is 8.36. The van der Waals surface area contributed by atoms with Crippen LogP contribution < -0.4 is 5.32 Å². The standard InChI is InChI=1S/C15H23ClFN/c1-3-4-5-6-7-8-12(2)18-13-9-10-14(16)15(17)11-13/h9-12,18H,3-8H2,1-2H3. The molecule has 0 saturated carbocycles. The molecule has 0 aromatic heterocycles. The van der Waals surface area contributed by atoms with Crippen LogP contribution in [0.25, 0.3) is 0 Å². The summed E-state index contributed by atoms with van der Waals surface area (Å²) in [6.07, 6.45) is 7.55. The summed E-state index contributed by atoms with van der Waals surface area (Å²) in [6.45, 7) is 4.35. The Morgan fingerprint density at radius 2 is 1.94 bits per heavy atom. The van der Waals surface area contributed by atoms with E-state index in [0.29, 0.717) is 6.04 Å². The van der Waals surface area contributed by atoms with Gasteiger partial charge in [0.1, 0.15) is 5.82 Å². The molecular weight excluding hydrogens is 249 g/mol. The molecule has 18 heavy (non-hydrogen) atoms. The van der Waals surface area contributed by atoms with Crippen molar-refractivity contribution in [2.75, 3.05) is 5.32 Å². The Bertz CT molecular complexity index is 354. The number of hydrogen-bond acceptors (Lipinski definition) is 1. The summed E-state index contributed by atoms with van der Waals surface area (Å²) >= 11 is 5.65. The molecule has 0 spiro atoms. The van der Waals surface area contributed by atoms with Gasteiger partial charge >= 0.3 is 0 Å². The second-order valence-electron chi connectivity index (χ2n) is 4.88. The molecule has 1 nitrogen and oxygen atoms in total. The Hall–Kier alpha value is -0.760. The first kappa shape index (κ1) is 15.3. The topological polar surface area (TPSA) is 12.0 Å². The van der Waals surface area contributed by atoms with Gasteiger partial charge in [-0.25, -0.2) is 4.39 Å². The Balaban J connectivity index is 2.26. The monoisotopic (exact) mass is 271 g/mol. The van der Waals surface area contributed by atoms with Crippen LogP contribution in [-0.2, 0) is 0 Å². The van der Waals surface area contributed by atoms with Crippen LogP contribution in [0, 0.1) is 5.82 Å². The van der Waals surface area contributed by atoms with Crippen LogP contribution >= 0.6 is 11.6 Å². The minimum Gasteiger partial charge on any atom is -0.383 e. The third-order valence-electron chi connectivity index (χ3n) is 3.07. The van der Waals surface area contributed by atoms with E-state index >= 15 is 0 Å². The summed E-state index contributed by atoms with van der Waals surface area (Å²) in [7, 11) is 0. The van der Waals surface area contributed by atoms with Crippen LogP contribution in [-0.4, -0.2) is 6.04 Å². The molecule has 3 heteroatoms. The van der Waals surface area contributed by atoms with Crippen molar-refractivity contribution in [2.24, 2.45) is 0 Å². The number of unbranched alkanes of at least 4 members (excludes halogenated alkanes) is 4. The highest BCUT2D eigenvalue weighted by Gasteiger charge is 2.04. The maximum absolute atomic E-state index is 13.2. The Morgan fingerprint density at radius 1 is 1.22 bits per heavy atom. The quantitative estimate of drug-likeness (QED) is 0.603. The number of rotatable bonds is 8. The maximum Gasteiger partial charge on any atom is 0.143 e. The van der Waals surface area contributed by atoms with Gasteiger partial charge in [-0.05, 0) is 31.5 Å². The van der Waals surface area contributed by atoms with Gasteiger partial charge in [0.2, 0.25) is 0 Å². The summed E-state index contributed by atoms with van der Waals surface area (Å²) in [5.74, 6) is -0.364. The Kier molecular flexibility index (Phi) is 7.11. The van der Waals surface area contributed by atoms with Crippen molar-refractivity contribution in [1.29, 1.82) is 0 Å². The zero-order valence-corrected chi connectivity index (χ0v) is 12.1. The zero-order chi connectivity index (χ0) is 13.4. The summed E-state index contributed by atoms with van der Waals surface area (Å²) < 4.78 is 13.2. The van der Waals surface area contributed by atoms with Crippen molar-refractivity contribution >= 4 is 17.3 Å². The normalized spacial score (nSPS) is 12.4. The van der Waals surface area contributed by atoms with Gasteiger partial charge in [0.15, 0.2) is 0 Å². The van der Waals surface area contributed by atoms with E-state index in [-0.39, 0.29) is 10.8 Å². The van der Waals surface area contributed by atoms with Crippen molar-refractivity contribution in [2.45, 2.75) is 58.4 Å². The van der Waals surface area contributed by atoms with E-state index < -0.39 is 0 Å². The van der Waals surface area contributed by atoms with Gasteiger partial charge in [-0.15, -0.1) is 0 Å². The van der Waals surface area contributed by atoms with Crippen LogP contribution in [0.15, 0.2) is 18.2 Å². The van der Waals surface area contributed by atoms with Crippen molar-refractivity contribution in [1.82, 2.24) is 0 Å². The van der Waals surface area contributed by atoms with Crippen molar-refractivity contribution in [3.05, 3.63) is 29.0 Å². The lowest BCUT2D eigenvalue weighted by Gasteiger charge is -2.15. The van der Waals surface area contributed by atoms with Gasteiger partial charge < -0.3 is 5.32 Å². The molecule has 0 radical (unpaired) electrons. The fourth-order valence-corrected chi connectivity index (χ4v) is 2.11. The highest BCUT2D eigenvalue weighted by molar-refractivity contribution is 6.30. The highest BCUT2D eigenvalue weighted by atomic mass is 35.5. The van der Waals surface area contributed by atoms with Gasteiger partial charge in [0, 0.05) is 11.7 Å². The number of anilines is 1. The third kappa shape index (κ3) is 5.72. The molecular formula is C15H23ClFN. The van der Waals surface area contributed by atoms with Crippen LogP contribution in [0.4, 0.5) is 10.1 Å². The van der Waals surface area contributed by atoms with Crippen LogP contribution in [0.2, 0.25) is 5.02 Å². The average Bonchev–Trinajstić information content (AvgIpc) is 2.34. The molecule has 0 amide bonds. The first-order valence-electron chi connectivity index (χ1n) is 6.85. The highest BCUT2D eigenvalue weighted by Crippen LogP contribution is 2.20. The minimum absolute atomic E-state index is 0.174. The number of nitrogens with one attached hydrogen (secondary N) is 1. The van der Waals surface area contributed by atoms with Crippen molar-refractivity contribution < 1.29 is 4.39 Å². The molecule has 0 saturated heterocycles. The molecule has 0 aliphatic carbocycles. The zero-order valence-electron chi connectivity index (χ0n) is 11.3. The minimum atomic E-state index is -0.364. The SMILES string of the molecule is CCCCCCCC(C)Nc1ccc(Cl)c(F)c1. The van der Waals surface area contributed by atoms with E-state index in [2.05, 4.69) is 19.2 Å². The second-order valence-corrected chi connectivity index (χ2v) is 5.28. The van der Waals surface area contributed by atoms with Gasteiger partial charge in [0.25, 0.3) is 0 Å². The molecule has 0 fully saturated rings. The van der Waals surface area contributed by atoms with E-state index in [1.807, 2.05) is 6.07 Å². The molecule has 1 N–H and O–H groups in total. The molecule has 0 bridgehead atoms. The summed E-state index contributed by atoms with van der Waals surface area (Å²) in [5, 5.41) is 3.48. The smallest absolute Gasteiger partial charge is 0.143 e. The van der Waals surface area contributed by atoms with Crippen molar-refractivity contribution in [3.8, 4) is 0 Å². The Labute approximate surface area is 115 Å². The molecule has 0 aliphatic heterocycles. The fourth-order valence-electron chi connectivity index (χ4n) is 2.00. The molecule has 1 atom stereocenters. The number of benzene rings is 1. The van der Waals surface area contributed by atoms with Gasteiger partial charge in [0.05, 0.1) is 5.02 Å². The van der Waals surface area contributed by atoms with Crippen molar-refractivity contribution in [3.63, 3.8) is 0 Å². The summed E-state index contributed by atoms with van der Waals surface area (Å²) in [6, 6.07) is 5.23. The summed E-state index contributed by atoms with van der Waals surface area (Å²) in [5.41, 5.74) is 0.804. The Morgan fingerprint density at radius 3 is 2.61 bits per heavy atom. The molecule has 1 aromatic carbocycles. The lowest BCUT2D eigenvalue weighted by Crippen LogP contribution is -2.14. The largest absolute Gasteiger partial charge is 0.383 e. The van der Waals surface area contributed by atoms with Gasteiger partial charge in [-0.3, -0.25) is 0 Å². The predicted octanol–water partition coefficient (Wildman–Crippen LogP) is 5.64. The predicted molar refractivity (Wildman–Crippen MR) is 77.9 cm³/mol. The summed E-state index contributed by atoms with van der Waals surface area (Å²) in [4.78, 5) is 0. The van der Waals surface area contributed by atoms with E-state index in [9.17, 15) is 4.39 Å². The lowest BCUT2D eigenvalue weighted by molar-refractivity contribution is 0.578.